The summed E-state index contributed by atoms with van der Waals surface area (Å²) in [6.07, 6.45) is 1.82. The molecule has 1 aliphatic rings. The molecule has 1 unspecified atom stereocenters. The molecule has 2 N–H and O–H groups in total. The SMILES string of the molecule is CC(C)C1CN(C(=O)Nc2ccc(N(C)C)cc2)CCN1C(=Nc1cc(F)ccc1F)NC#N. The van der Waals surface area contributed by atoms with Crippen LogP contribution in [0.5, 0.6) is 0 Å². The number of rotatable bonds is 4. The van der Waals surface area contributed by atoms with Gasteiger partial charge in [0.1, 0.15) is 17.3 Å². The zero-order chi connectivity index (χ0) is 24.8. The Bertz CT molecular complexity index is 1080. The molecule has 0 radical (unpaired) electrons. The molecule has 180 valence electrons. The highest BCUT2D eigenvalue weighted by Gasteiger charge is 2.33. The molecule has 0 bridgehead atoms. The van der Waals surface area contributed by atoms with E-state index in [1.165, 1.54) is 0 Å². The van der Waals surface area contributed by atoms with Crippen LogP contribution in [0.15, 0.2) is 47.5 Å². The molecule has 2 aromatic carbocycles. The second-order valence-corrected chi connectivity index (χ2v) is 8.59. The van der Waals surface area contributed by atoms with Crippen molar-refractivity contribution in [3.05, 3.63) is 54.1 Å². The van der Waals surface area contributed by atoms with Gasteiger partial charge in [0, 0.05) is 51.2 Å². The van der Waals surface area contributed by atoms with Crippen LogP contribution in [0, 0.1) is 29.0 Å². The highest BCUT2D eigenvalue weighted by Crippen LogP contribution is 2.23. The second-order valence-electron chi connectivity index (χ2n) is 8.59. The van der Waals surface area contributed by atoms with Crippen molar-refractivity contribution in [1.82, 2.24) is 15.1 Å². The summed E-state index contributed by atoms with van der Waals surface area (Å²) in [6.45, 7) is 5.08. The first-order valence-corrected chi connectivity index (χ1v) is 11.0. The first-order valence-electron chi connectivity index (χ1n) is 11.0. The molecule has 1 aliphatic heterocycles. The minimum Gasteiger partial charge on any atom is -0.378 e. The van der Waals surface area contributed by atoms with Crippen molar-refractivity contribution in [2.45, 2.75) is 19.9 Å². The Morgan fingerprint density at radius 3 is 2.50 bits per heavy atom. The van der Waals surface area contributed by atoms with E-state index >= 15 is 0 Å². The van der Waals surface area contributed by atoms with Crippen LogP contribution >= 0.6 is 0 Å². The summed E-state index contributed by atoms with van der Waals surface area (Å²) in [5.41, 5.74) is 1.51. The number of hydrogen-bond acceptors (Lipinski definition) is 4. The van der Waals surface area contributed by atoms with Gasteiger partial charge in [0.25, 0.3) is 0 Å². The van der Waals surface area contributed by atoms with Gasteiger partial charge in [-0.1, -0.05) is 13.8 Å². The van der Waals surface area contributed by atoms with Gasteiger partial charge in [0.15, 0.2) is 6.19 Å². The highest BCUT2D eigenvalue weighted by molar-refractivity contribution is 5.90. The number of benzene rings is 2. The molecule has 0 spiro atoms. The van der Waals surface area contributed by atoms with Gasteiger partial charge in [-0.3, -0.25) is 5.32 Å². The van der Waals surface area contributed by atoms with E-state index in [-0.39, 0.29) is 29.6 Å². The average molecular weight is 470 g/mol. The number of carbonyl (C=O) groups is 1. The molecule has 1 heterocycles. The summed E-state index contributed by atoms with van der Waals surface area (Å²) in [5, 5.41) is 14.7. The van der Waals surface area contributed by atoms with Crippen LogP contribution in [-0.4, -0.2) is 61.6 Å². The molecule has 1 fully saturated rings. The monoisotopic (exact) mass is 469 g/mol. The van der Waals surface area contributed by atoms with Crippen LogP contribution in [0.4, 0.5) is 30.6 Å². The third-order valence-electron chi connectivity index (χ3n) is 5.68. The molecule has 0 saturated carbocycles. The van der Waals surface area contributed by atoms with Gasteiger partial charge >= 0.3 is 6.03 Å². The fourth-order valence-corrected chi connectivity index (χ4v) is 3.77. The third-order valence-corrected chi connectivity index (χ3v) is 5.68. The summed E-state index contributed by atoms with van der Waals surface area (Å²) >= 11 is 0. The van der Waals surface area contributed by atoms with Gasteiger partial charge in [-0.2, -0.15) is 5.26 Å². The van der Waals surface area contributed by atoms with Crippen LogP contribution in [0.1, 0.15) is 13.8 Å². The molecule has 3 rings (SSSR count). The minimum atomic E-state index is -0.696. The number of hydrogen-bond donors (Lipinski definition) is 2. The number of halogens is 2. The van der Waals surface area contributed by atoms with Crippen molar-refractivity contribution in [1.29, 1.82) is 5.26 Å². The number of anilines is 2. The lowest BCUT2D eigenvalue weighted by Gasteiger charge is -2.44. The number of nitrogens with zero attached hydrogens (tertiary/aromatic N) is 5. The average Bonchev–Trinajstić information content (AvgIpc) is 2.81. The Kier molecular flexibility index (Phi) is 7.89. The fraction of sp³-hybridized carbons (Fsp3) is 0.375. The first-order chi connectivity index (χ1) is 16.2. The summed E-state index contributed by atoms with van der Waals surface area (Å²) < 4.78 is 27.8. The maximum Gasteiger partial charge on any atom is 0.321 e. The number of nitrogens with one attached hydrogen (secondary N) is 2. The van der Waals surface area contributed by atoms with Gasteiger partial charge < -0.3 is 20.0 Å². The molecule has 1 saturated heterocycles. The molecule has 0 aliphatic carbocycles. The van der Waals surface area contributed by atoms with Gasteiger partial charge in [-0.15, -0.1) is 0 Å². The molecular formula is C24H29F2N7O. The fourth-order valence-electron chi connectivity index (χ4n) is 3.77. The molecule has 1 atom stereocenters. The van der Waals surface area contributed by atoms with E-state index in [4.69, 9.17) is 0 Å². The summed E-state index contributed by atoms with van der Waals surface area (Å²) in [6, 6.07) is 10.1. The lowest BCUT2D eigenvalue weighted by molar-refractivity contribution is 0.118. The quantitative estimate of drug-likeness (QED) is 0.306. The maximum atomic E-state index is 14.2. The predicted molar refractivity (Wildman–Crippen MR) is 129 cm³/mol. The largest absolute Gasteiger partial charge is 0.378 e. The number of nitriles is 1. The first kappa shape index (κ1) is 24.8. The van der Waals surface area contributed by atoms with Crippen molar-refractivity contribution in [2.75, 3.05) is 43.9 Å². The van der Waals surface area contributed by atoms with Gasteiger partial charge in [0.05, 0.1) is 6.04 Å². The van der Waals surface area contributed by atoms with Crippen molar-refractivity contribution >= 4 is 29.1 Å². The van der Waals surface area contributed by atoms with E-state index in [1.54, 1.807) is 4.90 Å². The normalized spacial score (nSPS) is 16.3. The van der Waals surface area contributed by atoms with Gasteiger partial charge in [0.2, 0.25) is 5.96 Å². The smallest absolute Gasteiger partial charge is 0.321 e. The number of piperazine rings is 1. The molecular weight excluding hydrogens is 440 g/mol. The van der Waals surface area contributed by atoms with E-state index in [0.29, 0.717) is 25.3 Å². The number of aliphatic imine (C=N–C) groups is 1. The Balaban J connectivity index is 1.77. The molecule has 8 nitrogen and oxygen atoms in total. The van der Waals surface area contributed by atoms with Crippen molar-refractivity contribution in [2.24, 2.45) is 10.9 Å². The van der Waals surface area contributed by atoms with Crippen LogP contribution in [-0.2, 0) is 0 Å². The number of guanidine groups is 1. The Morgan fingerprint density at radius 2 is 1.88 bits per heavy atom. The summed E-state index contributed by atoms with van der Waals surface area (Å²) in [5.74, 6) is -1.13. The molecule has 2 amide bonds. The highest BCUT2D eigenvalue weighted by atomic mass is 19.1. The van der Waals surface area contributed by atoms with E-state index < -0.39 is 11.6 Å². The Morgan fingerprint density at radius 1 is 1.18 bits per heavy atom. The van der Waals surface area contributed by atoms with Crippen LogP contribution in [0.2, 0.25) is 0 Å². The van der Waals surface area contributed by atoms with Crippen LogP contribution in [0.25, 0.3) is 0 Å². The molecule has 2 aromatic rings. The zero-order valence-corrected chi connectivity index (χ0v) is 19.7. The lowest BCUT2D eigenvalue weighted by Crippen LogP contribution is -2.60. The number of urea groups is 1. The van der Waals surface area contributed by atoms with E-state index in [2.05, 4.69) is 15.6 Å². The van der Waals surface area contributed by atoms with E-state index in [9.17, 15) is 18.8 Å². The third kappa shape index (κ3) is 5.92. The number of carbonyl (C=O) groups excluding carboxylic acids is 1. The van der Waals surface area contributed by atoms with Crippen molar-refractivity contribution in [3.8, 4) is 6.19 Å². The Hall–Kier alpha value is -3.87. The standard InChI is InChI=1S/C24H29F2N7O/c1-16(2)22-14-32(24(34)29-18-6-8-19(9-7-18)31(3)4)11-12-33(22)23(28-15-27)30-21-13-17(25)5-10-20(21)26/h5-10,13,16,22H,11-12,14H2,1-4H3,(H,28,30)(H,29,34). The second kappa shape index (κ2) is 10.8. The maximum absolute atomic E-state index is 14.2. The van der Waals surface area contributed by atoms with Crippen molar-refractivity contribution in [3.63, 3.8) is 0 Å². The summed E-state index contributed by atoms with van der Waals surface area (Å²) in [4.78, 5) is 22.6. The van der Waals surface area contributed by atoms with Crippen LogP contribution < -0.4 is 15.5 Å². The van der Waals surface area contributed by atoms with Gasteiger partial charge in [-0.05, 0) is 42.3 Å². The summed E-state index contributed by atoms with van der Waals surface area (Å²) in [7, 11) is 3.89. The zero-order valence-electron chi connectivity index (χ0n) is 19.7. The minimum absolute atomic E-state index is 0.0815. The topological polar surface area (TPSA) is 87.0 Å². The Labute approximate surface area is 198 Å². The van der Waals surface area contributed by atoms with Gasteiger partial charge in [-0.25, -0.2) is 18.6 Å². The van der Waals surface area contributed by atoms with Crippen LogP contribution in [0.3, 0.4) is 0 Å². The molecule has 10 heteroatoms. The van der Waals surface area contributed by atoms with E-state index in [0.717, 1.165) is 23.9 Å². The van der Waals surface area contributed by atoms with Crippen molar-refractivity contribution < 1.29 is 13.6 Å². The lowest BCUT2D eigenvalue weighted by atomic mass is 10.00. The number of amides is 2. The predicted octanol–water partition coefficient (Wildman–Crippen LogP) is 3.96. The molecule has 0 aromatic heterocycles. The van der Waals surface area contributed by atoms with E-state index in [1.807, 2.05) is 68.2 Å². The molecule has 34 heavy (non-hydrogen) atoms.